The van der Waals surface area contributed by atoms with Gasteiger partial charge in [-0.05, 0) is 23.2 Å². The number of likely N-dealkylation sites (N-methyl/N-ethyl adjacent to an activating group) is 1. The van der Waals surface area contributed by atoms with E-state index < -0.39 is 16.4 Å². The van der Waals surface area contributed by atoms with Crippen molar-refractivity contribution in [2.45, 2.75) is 52.6 Å². The van der Waals surface area contributed by atoms with Crippen molar-refractivity contribution >= 4 is 17.8 Å². The van der Waals surface area contributed by atoms with Crippen LogP contribution in [0.3, 0.4) is 0 Å². The lowest BCUT2D eigenvalue weighted by molar-refractivity contribution is -0.396. The van der Waals surface area contributed by atoms with Crippen LogP contribution in [0.5, 0.6) is 0 Å². The number of aromatic nitrogens is 2. The molecule has 2 amide bonds. The van der Waals surface area contributed by atoms with E-state index in [0.717, 1.165) is 0 Å². The molecule has 9 heteroatoms. The zero-order valence-corrected chi connectivity index (χ0v) is 14.5. The van der Waals surface area contributed by atoms with Gasteiger partial charge in [-0.25, -0.2) is 4.57 Å². The van der Waals surface area contributed by atoms with Gasteiger partial charge in [0.25, 0.3) is 0 Å². The number of amides is 2. The zero-order chi connectivity index (χ0) is 18.3. The van der Waals surface area contributed by atoms with Crippen molar-refractivity contribution in [1.82, 2.24) is 20.2 Å². The Morgan fingerprint density at radius 3 is 2.58 bits per heavy atom. The Morgan fingerprint density at radius 1 is 1.38 bits per heavy atom. The van der Waals surface area contributed by atoms with Crippen molar-refractivity contribution in [3.8, 4) is 0 Å². The van der Waals surface area contributed by atoms with E-state index in [2.05, 4.69) is 15.6 Å². The van der Waals surface area contributed by atoms with Crippen molar-refractivity contribution in [3.63, 3.8) is 0 Å². The number of carbonyl (C=O) groups is 2. The van der Waals surface area contributed by atoms with Crippen molar-refractivity contribution in [3.05, 3.63) is 22.5 Å². The highest BCUT2D eigenvalue weighted by Crippen LogP contribution is 2.19. The Hall–Kier alpha value is -2.45. The second kappa shape index (κ2) is 8.42. The molecule has 134 valence electrons. The van der Waals surface area contributed by atoms with Gasteiger partial charge in [0, 0.05) is 13.5 Å². The number of hydrogen-bond donors (Lipinski definition) is 2. The first-order chi connectivity index (χ1) is 11.2. The van der Waals surface area contributed by atoms with E-state index in [1.54, 1.807) is 6.20 Å². The molecule has 0 aliphatic heterocycles. The third kappa shape index (κ3) is 5.64. The number of imidazole rings is 1. The van der Waals surface area contributed by atoms with Gasteiger partial charge in [-0.1, -0.05) is 25.8 Å². The van der Waals surface area contributed by atoms with Crippen LogP contribution in [0.1, 0.15) is 40.0 Å². The first-order valence-corrected chi connectivity index (χ1v) is 7.83. The van der Waals surface area contributed by atoms with Gasteiger partial charge >= 0.3 is 5.95 Å². The lowest BCUT2D eigenvalue weighted by Gasteiger charge is -2.29. The molecule has 9 nitrogen and oxygen atoms in total. The van der Waals surface area contributed by atoms with Gasteiger partial charge in [0.2, 0.25) is 11.8 Å². The van der Waals surface area contributed by atoms with Gasteiger partial charge in [0.05, 0.1) is 6.54 Å². The molecule has 0 saturated carbocycles. The lowest BCUT2D eigenvalue weighted by atomic mass is 9.86. The van der Waals surface area contributed by atoms with Crippen LogP contribution in [0.4, 0.5) is 5.95 Å². The Bertz CT molecular complexity index is 591. The summed E-state index contributed by atoms with van der Waals surface area (Å²) in [6.07, 6.45) is 4.34. The van der Waals surface area contributed by atoms with E-state index in [-0.39, 0.29) is 24.2 Å². The van der Waals surface area contributed by atoms with Gasteiger partial charge in [0.1, 0.15) is 18.4 Å². The smallest absolute Gasteiger partial charge is 0.390 e. The summed E-state index contributed by atoms with van der Waals surface area (Å²) in [7, 11) is 1.53. The predicted octanol–water partition coefficient (Wildman–Crippen LogP) is 1.24. The van der Waals surface area contributed by atoms with Crippen LogP contribution in [0, 0.1) is 15.5 Å². The maximum absolute atomic E-state index is 12.0. The van der Waals surface area contributed by atoms with Crippen LogP contribution in [0.25, 0.3) is 0 Å². The number of unbranched alkanes of at least 4 members (excludes halogenated alkanes) is 1. The van der Waals surface area contributed by atoms with Crippen LogP contribution in [-0.2, 0) is 16.1 Å². The maximum atomic E-state index is 12.0. The first kappa shape index (κ1) is 19.6. The molecule has 0 unspecified atom stereocenters. The van der Waals surface area contributed by atoms with Gasteiger partial charge in [-0.2, -0.15) is 0 Å². The predicted molar refractivity (Wildman–Crippen MR) is 88.2 cm³/mol. The maximum Gasteiger partial charge on any atom is 0.434 e. The molecule has 0 bridgehead atoms. The number of aryl methyl sites for hydroxylation is 1. The number of carbonyl (C=O) groups excluding carboxylic acids is 2. The fourth-order valence-electron chi connectivity index (χ4n) is 2.27. The summed E-state index contributed by atoms with van der Waals surface area (Å²) in [5.74, 6) is -0.643. The zero-order valence-electron chi connectivity index (χ0n) is 14.5. The lowest BCUT2D eigenvalue weighted by Crippen LogP contribution is -2.52. The normalized spacial score (nSPS) is 12.5. The highest BCUT2D eigenvalue weighted by molar-refractivity contribution is 5.88. The van der Waals surface area contributed by atoms with E-state index in [1.165, 1.54) is 17.8 Å². The van der Waals surface area contributed by atoms with Crippen LogP contribution in [0.15, 0.2) is 12.4 Å². The fraction of sp³-hybridized carbons (Fsp3) is 0.667. The molecular weight excluding hydrogens is 314 g/mol. The van der Waals surface area contributed by atoms with Crippen LogP contribution in [-0.4, -0.2) is 39.4 Å². The minimum Gasteiger partial charge on any atom is -0.390 e. The van der Waals surface area contributed by atoms with E-state index in [4.69, 9.17) is 0 Å². The fourth-order valence-corrected chi connectivity index (χ4v) is 2.27. The second-order valence-corrected chi connectivity index (χ2v) is 6.62. The molecule has 0 spiro atoms. The van der Waals surface area contributed by atoms with Gasteiger partial charge < -0.3 is 20.7 Å². The Morgan fingerprint density at radius 2 is 2.04 bits per heavy atom. The molecule has 1 atom stereocenters. The Labute approximate surface area is 141 Å². The van der Waals surface area contributed by atoms with Crippen LogP contribution in [0.2, 0.25) is 0 Å². The average Bonchev–Trinajstić information content (AvgIpc) is 2.96. The molecule has 0 aliphatic carbocycles. The molecule has 0 fully saturated rings. The molecule has 1 heterocycles. The van der Waals surface area contributed by atoms with E-state index in [1.807, 2.05) is 20.8 Å². The molecule has 0 radical (unpaired) electrons. The summed E-state index contributed by atoms with van der Waals surface area (Å²) >= 11 is 0. The number of nitrogens with zero attached hydrogens (tertiary/aromatic N) is 3. The number of nitrogens with one attached hydrogen (secondary N) is 2. The number of nitro groups is 1. The van der Waals surface area contributed by atoms with Crippen LogP contribution < -0.4 is 10.6 Å². The molecular formula is C15H25N5O4. The molecule has 1 aromatic heterocycles. The summed E-state index contributed by atoms with van der Waals surface area (Å²) in [5, 5.41) is 16.1. The quantitative estimate of drug-likeness (QED) is 0.419. The molecule has 1 rings (SSSR count). The molecule has 0 aliphatic rings. The Kier molecular flexibility index (Phi) is 6.87. The summed E-state index contributed by atoms with van der Waals surface area (Å²) in [6, 6.07) is -0.607. The van der Waals surface area contributed by atoms with Crippen LogP contribution >= 0.6 is 0 Å². The standard InChI is InChI=1S/C15H25N5O4/c1-15(2,3)12(13(22)16-4)18-11(21)7-5-6-9-19-10-8-17-14(19)20(23)24/h8,10,12H,5-7,9H2,1-4H3,(H,16,22)(H,18,21)/t12-/m1/s1. The second-order valence-electron chi connectivity index (χ2n) is 6.62. The third-order valence-electron chi connectivity index (χ3n) is 3.59. The monoisotopic (exact) mass is 339 g/mol. The van der Waals surface area contributed by atoms with E-state index >= 15 is 0 Å². The van der Waals surface area contributed by atoms with Crippen molar-refractivity contribution < 1.29 is 14.5 Å². The van der Waals surface area contributed by atoms with Gasteiger partial charge in [0.15, 0.2) is 0 Å². The van der Waals surface area contributed by atoms with Crippen molar-refractivity contribution in [2.75, 3.05) is 7.05 Å². The molecule has 24 heavy (non-hydrogen) atoms. The van der Waals surface area contributed by atoms with Crippen molar-refractivity contribution in [1.29, 1.82) is 0 Å². The SMILES string of the molecule is CNC(=O)[C@@H](NC(=O)CCCCn1ccnc1[N+](=O)[O-])C(C)(C)C. The first-order valence-electron chi connectivity index (χ1n) is 7.83. The molecule has 0 saturated heterocycles. The van der Waals surface area contributed by atoms with E-state index in [9.17, 15) is 19.7 Å². The minimum absolute atomic E-state index is 0.202. The van der Waals surface area contributed by atoms with Gasteiger partial charge in [-0.15, -0.1) is 0 Å². The van der Waals surface area contributed by atoms with Gasteiger partial charge in [-0.3, -0.25) is 9.59 Å². The summed E-state index contributed by atoms with van der Waals surface area (Å²) < 4.78 is 1.44. The highest BCUT2D eigenvalue weighted by atomic mass is 16.6. The topological polar surface area (TPSA) is 119 Å². The molecule has 1 aromatic rings. The third-order valence-corrected chi connectivity index (χ3v) is 3.59. The Balaban J connectivity index is 2.44. The summed E-state index contributed by atoms with van der Waals surface area (Å²) in [5.41, 5.74) is -0.396. The van der Waals surface area contributed by atoms with Crippen molar-refractivity contribution in [2.24, 2.45) is 5.41 Å². The highest BCUT2D eigenvalue weighted by Gasteiger charge is 2.31. The number of hydrogen-bond acceptors (Lipinski definition) is 5. The number of rotatable bonds is 8. The largest absolute Gasteiger partial charge is 0.434 e. The average molecular weight is 339 g/mol. The summed E-state index contributed by atoms with van der Waals surface area (Å²) in [4.78, 5) is 37.8. The summed E-state index contributed by atoms with van der Waals surface area (Å²) in [6.45, 7) is 6.06. The molecule has 2 N–H and O–H groups in total. The van der Waals surface area contributed by atoms with E-state index in [0.29, 0.717) is 19.4 Å². The molecule has 0 aromatic carbocycles. The minimum atomic E-state index is -0.607.